The quantitative estimate of drug-likeness (QED) is 0.0900. The normalized spacial score (nSPS) is 11.9. The van der Waals surface area contributed by atoms with E-state index in [9.17, 15) is 0 Å². The molecule has 0 aromatic heterocycles. The number of rotatable bonds is 24. The van der Waals surface area contributed by atoms with Gasteiger partial charge in [0.25, 0.3) is 0 Å². The minimum absolute atomic E-state index is 0.456. The molecule has 0 N–H and O–H groups in total. The fourth-order valence-electron chi connectivity index (χ4n) is 3.34. The zero-order valence-corrected chi connectivity index (χ0v) is 20.0. The Bertz CT molecular complexity index is 335. The van der Waals surface area contributed by atoms with Crippen molar-refractivity contribution in [1.82, 2.24) is 0 Å². The highest BCUT2D eigenvalue weighted by molar-refractivity contribution is 4.82. The summed E-state index contributed by atoms with van der Waals surface area (Å²) < 4.78 is 11.0. The Labute approximate surface area is 183 Å². The lowest BCUT2D eigenvalue weighted by Gasteiger charge is -2.04. The van der Waals surface area contributed by atoms with Crippen molar-refractivity contribution in [2.24, 2.45) is 0 Å². The zero-order valence-electron chi connectivity index (χ0n) is 20.0. The molecule has 0 aliphatic carbocycles. The lowest BCUT2D eigenvalue weighted by Crippen LogP contribution is -2.02. The van der Waals surface area contributed by atoms with Crippen LogP contribution in [-0.2, 0) is 9.47 Å². The molecule has 2 heteroatoms. The molecule has 0 radical (unpaired) electrons. The Morgan fingerprint density at radius 2 is 0.862 bits per heavy atom. The highest BCUT2D eigenvalue weighted by Gasteiger charge is 1.92. The van der Waals surface area contributed by atoms with Crippen LogP contribution in [-0.4, -0.2) is 20.0 Å². The van der Waals surface area contributed by atoms with E-state index in [4.69, 9.17) is 9.47 Å². The van der Waals surface area contributed by atoms with Crippen LogP contribution in [0.15, 0.2) is 24.3 Å². The van der Waals surface area contributed by atoms with E-state index in [2.05, 4.69) is 38.2 Å². The molecule has 0 aromatic carbocycles. The maximum atomic E-state index is 5.52. The third-order valence-corrected chi connectivity index (χ3v) is 5.29. The second-order valence-electron chi connectivity index (χ2n) is 8.27. The van der Waals surface area contributed by atoms with Crippen LogP contribution in [0.3, 0.4) is 0 Å². The molecular formula is C27H52O2. The average Bonchev–Trinajstić information content (AvgIpc) is 2.74. The number of hydrogen-bond acceptors (Lipinski definition) is 2. The highest BCUT2D eigenvalue weighted by Crippen LogP contribution is 2.10. The maximum absolute atomic E-state index is 5.52. The van der Waals surface area contributed by atoms with Crippen LogP contribution in [0.2, 0.25) is 0 Å². The summed E-state index contributed by atoms with van der Waals surface area (Å²) >= 11 is 0. The van der Waals surface area contributed by atoms with E-state index in [1.165, 1.54) is 109 Å². The Morgan fingerprint density at radius 1 is 0.414 bits per heavy atom. The summed E-state index contributed by atoms with van der Waals surface area (Å²) in [6.07, 6.45) is 32.9. The van der Waals surface area contributed by atoms with Crippen molar-refractivity contribution in [1.29, 1.82) is 0 Å². The van der Waals surface area contributed by atoms with E-state index in [1.54, 1.807) is 0 Å². The van der Waals surface area contributed by atoms with Crippen molar-refractivity contribution in [3.63, 3.8) is 0 Å². The molecule has 29 heavy (non-hydrogen) atoms. The molecule has 0 aromatic rings. The fourth-order valence-corrected chi connectivity index (χ4v) is 3.34. The molecule has 0 fully saturated rings. The predicted molar refractivity (Wildman–Crippen MR) is 130 cm³/mol. The van der Waals surface area contributed by atoms with Crippen LogP contribution in [0, 0.1) is 0 Å². The molecule has 0 saturated carbocycles. The van der Waals surface area contributed by atoms with Gasteiger partial charge in [0.05, 0.1) is 6.61 Å². The summed E-state index contributed by atoms with van der Waals surface area (Å²) in [5, 5.41) is 0. The topological polar surface area (TPSA) is 18.5 Å². The second-order valence-corrected chi connectivity index (χ2v) is 8.27. The minimum Gasteiger partial charge on any atom is -0.355 e. The molecule has 0 unspecified atom stereocenters. The fraction of sp³-hybridized carbons (Fsp3) is 0.852. The van der Waals surface area contributed by atoms with Crippen molar-refractivity contribution in [3.05, 3.63) is 24.3 Å². The number of allylic oxidation sites excluding steroid dienone is 3. The number of hydrogen-bond donors (Lipinski definition) is 0. The Kier molecular flexibility index (Phi) is 26.8. The molecule has 0 rings (SSSR count). The van der Waals surface area contributed by atoms with Gasteiger partial charge in [-0.1, -0.05) is 109 Å². The van der Waals surface area contributed by atoms with Gasteiger partial charge in [0, 0.05) is 6.61 Å². The molecule has 0 heterocycles. The van der Waals surface area contributed by atoms with Crippen molar-refractivity contribution in [2.45, 2.75) is 129 Å². The van der Waals surface area contributed by atoms with Crippen LogP contribution in [0.4, 0.5) is 0 Å². The maximum Gasteiger partial charge on any atom is 0.146 e. The van der Waals surface area contributed by atoms with E-state index in [0.717, 1.165) is 19.6 Å². The summed E-state index contributed by atoms with van der Waals surface area (Å²) in [6, 6.07) is 0. The minimum atomic E-state index is 0.456. The van der Waals surface area contributed by atoms with Crippen LogP contribution in [0.5, 0.6) is 0 Å². The first kappa shape index (κ1) is 28.4. The largest absolute Gasteiger partial charge is 0.355 e. The van der Waals surface area contributed by atoms with E-state index in [1.807, 2.05) is 0 Å². The SMILES string of the molecule is CCCC/C=C/CCCCCCCC/C=C/CCOCOCCCCCCCC. The van der Waals surface area contributed by atoms with Gasteiger partial charge in [0.2, 0.25) is 0 Å². The van der Waals surface area contributed by atoms with Gasteiger partial charge >= 0.3 is 0 Å². The van der Waals surface area contributed by atoms with E-state index >= 15 is 0 Å². The lowest BCUT2D eigenvalue weighted by molar-refractivity contribution is -0.0531. The Hall–Kier alpha value is -0.600. The van der Waals surface area contributed by atoms with Crippen LogP contribution >= 0.6 is 0 Å². The summed E-state index contributed by atoms with van der Waals surface area (Å²) in [7, 11) is 0. The first-order valence-electron chi connectivity index (χ1n) is 12.9. The first-order chi connectivity index (χ1) is 14.4. The lowest BCUT2D eigenvalue weighted by atomic mass is 10.1. The standard InChI is InChI=1S/C27H52O2/c1-3-5-7-9-11-12-13-14-15-16-17-18-19-20-22-24-26-29-27-28-25-23-21-10-8-6-4-2/h9,11,20,22H,3-8,10,12-19,21,23-27H2,1-2H3/b11-9+,22-20+. The van der Waals surface area contributed by atoms with E-state index in [0.29, 0.717) is 6.79 Å². The van der Waals surface area contributed by atoms with Gasteiger partial charge in [-0.05, 0) is 44.9 Å². The summed E-state index contributed by atoms with van der Waals surface area (Å²) in [5.74, 6) is 0. The first-order valence-corrected chi connectivity index (χ1v) is 12.9. The van der Waals surface area contributed by atoms with Gasteiger partial charge in [0.15, 0.2) is 0 Å². The number of unbranched alkanes of at least 4 members (excludes halogenated alkanes) is 14. The predicted octanol–water partition coefficient (Wildman–Crippen LogP) is 9.15. The molecule has 2 nitrogen and oxygen atoms in total. The average molecular weight is 409 g/mol. The van der Waals surface area contributed by atoms with Gasteiger partial charge in [-0.3, -0.25) is 0 Å². The summed E-state index contributed by atoms with van der Waals surface area (Å²) in [4.78, 5) is 0. The van der Waals surface area contributed by atoms with Gasteiger partial charge in [-0.15, -0.1) is 0 Å². The van der Waals surface area contributed by atoms with Crippen molar-refractivity contribution in [2.75, 3.05) is 20.0 Å². The molecule has 0 bridgehead atoms. The number of ether oxygens (including phenoxy) is 2. The smallest absolute Gasteiger partial charge is 0.146 e. The van der Waals surface area contributed by atoms with Gasteiger partial charge in [-0.25, -0.2) is 0 Å². The van der Waals surface area contributed by atoms with E-state index < -0.39 is 0 Å². The van der Waals surface area contributed by atoms with Crippen molar-refractivity contribution in [3.8, 4) is 0 Å². The second kappa shape index (κ2) is 27.4. The molecular weight excluding hydrogens is 356 g/mol. The molecule has 0 atom stereocenters. The molecule has 0 amide bonds. The van der Waals surface area contributed by atoms with Crippen LogP contribution in [0.25, 0.3) is 0 Å². The van der Waals surface area contributed by atoms with Crippen LogP contribution < -0.4 is 0 Å². The molecule has 172 valence electrons. The summed E-state index contributed by atoms with van der Waals surface area (Å²) in [5.41, 5.74) is 0. The highest BCUT2D eigenvalue weighted by atomic mass is 16.7. The van der Waals surface area contributed by atoms with Gasteiger partial charge < -0.3 is 9.47 Å². The monoisotopic (exact) mass is 408 g/mol. The molecule has 0 saturated heterocycles. The molecule has 0 spiro atoms. The van der Waals surface area contributed by atoms with E-state index in [-0.39, 0.29) is 0 Å². The molecule has 0 aliphatic heterocycles. The van der Waals surface area contributed by atoms with Crippen molar-refractivity contribution < 1.29 is 9.47 Å². The Balaban J connectivity index is 3.10. The van der Waals surface area contributed by atoms with Gasteiger partial charge in [-0.2, -0.15) is 0 Å². The molecule has 0 aliphatic rings. The third-order valence-electron chi connectivity index (χ3n) is 5.29. The zero-order chi connectivity index (χ0) is 21.1. The van der Waals surface area contributed by atoms with Crippen molar-refractivity contribution >= 4 is 0 Å². The van der Waals surface area contributed by atoms with Gasteiger partial charge in [0.1, 0.15) is 6.79 Å². The Morgan fingerprint density at radius 3 is 1.48 bits per heavy atom. The summed E-state index contributed by atoms with van der Waals surface area (Å²) in [6.45, 7) is 6.59. The third kappa shape index (κ3) is 27.4. The van der Waals surface area contributed by atoms with Crippen LogP contribution in [0.1, 0.15) is 129 Å².